The Kier molecular flexibility index (Phi) is 6.29. The van der Waals surface area contributed by atoms with Gasteiger partial charge in [-0.05, 0) is 24.6 Å². The maximum atomic E-state index is 12.9. The average molecular weight is 398 g/mol. The van der Waals surface area contributed by atoms with Crippen LogP contribution in [-0.4, -0.2) is 34.0 Å². The van der Waals surface area contributed by atoms with Crippen LogP contribution in [0.1, 0.15) is 36.5 Å². The van der Waals surface area contributed by atoms with E-state index in [1.54, 1.807) is 42.3 Å². The summed E-state index contributed by atoms with van der Waals surface area (Å²) in [5, 5.41) is 1.25. The number of anilines is 1. The second kappa shape index (κ2) is 7.92. The SMILES string of the molecule is CCCCC(CN)NS(=O)(=O)c1ccc2c3c(cccc13)C(=O)N2C.Cl. The Hall–Kier alpha value is -1.67. The van der Waals surface area contributed by atoms with Crippen LogP contribution >= 0.6 is 12.4 Å². The van der Waals surface area contributed by atoms with Gasteiger partial charge in [-0.2, -0.15) is 0 Å². The molecule has 0 aliphatic carbocycles. The van der Waals surface area contributed by atoms with Gasteiger partial charge in [-0.25, -0.2) is 13.1 Å². The van der Waals surface area contributed by atoms with Gasteiger partial charge in [0.2, 0.25) is 10.0 Å². The Labute approximate surface area is 160 Å². The van der Waals surface area contributed by atoms with Crippen molar-refractivity contribution in [2.75, 3.05) is 18.5 Å². The van der Waals surface area contributed by atoms with E-state index in [0.29, 0.717) is 22.8 Å². The predicted molar refractivity (Wildman–Crippen MR) is 107 cm³/mol. The number of benzene rings is 2. The number of nitrogens with one attached hydrogen (secondary N) is 1. The molecule has 0 bridgehead atoms. The molecule has 0 spiro atoms. The van der Waals surface area contributed by atoms with Crippen molar-refractivity contribution < 1.29 is 13.2 Å². The third-order valence-corrected chi connectivity index (χ3v) is 6.26. The van der Waals surface area contributed by atoms with Crippen LogP contribution in [0.15, 0.2) is 35.2 Å². The number of hydrogen-bond donors (Lipinski definition) is 2. The molecule has 0 saturated heterocycles. The van der Waals surface area contributed by atoms with Crippen LogP contribution in [-0.2, 0) is 10.0 Å². The van der Waals surface area contributed by atoms with E-state index in [-0.39, 0.29) is 35.8 Å². The fourth-order valence-corrected chi connectivity index (χ4v) is 4.79. The summed E-state index contributed by atoms with van der Waals surface area (Å²) in [5.74, 6) is -0.120. The number of nitrogens with two attached hydrogens (primary N) is 1. The molecule has 1 amide bonds. The van der Waals surface area contributed by atoms with Gasteiger partial charge in [0.05, 0.1) is 10.6 Å². The summed E-state index contributed by atoms with van der Waals surface area (Å²) in [6, 6.07) is 8.14. The first-order valence-corrected chi connectivity index (χ1v) is 9.95. The Morgan fingerprint density at radius 1 is 1.23 bits per heavy atom. The van der Waals surface area contributed by atoms with E-state index in [1.807, 2.05) is 0 Å². The minimum Gasteiger partial charge on any atom is -0.329 e. The molecule has 1 unspecified atom stereocenters. The molecule has 1 atom stereocenters. The number of rotatable bonds is 7. The highest BCUT2D eigenvalue weighted by atomic mass is 35.5. The van der Waals surface area contributed by atoms with E-state index < -0.39 is 10.0 Å². The molecule has 3 N–H and O–H groups in total. The van der Waals surface area contributed by atoms with Gasteiger partial charge >= 0.3 is 0 Å². The summed E-state index contributed by atoms with van der Waals surface area (Å²) in [6.45, 7) is 2.31. The molecule has 0 aromatic heterocycles. The Balaban J connectivity index is 0.00000243. The first-order chi connectivity index (χ1) is 11.9. The number of sulfonamides is 1. The van der Waals surface area contributed by atoms with E-state index in [4.69, 9.17) is 5.73 Å². The molecule has 1 heterocycles. The number of carbonyl (C=O) groups excluding carboxylic acids is 1. The zero-order chi connectivity index (χ0) is 18.2. The van der Waals surface area contributed by atoms with Gasteiger partial charge in [0.25, 0.3) is 5.91 Å². The lowest BCUT2D eigenvalue weighted by Crippen LogP contribution is -2.40. The predicted octanol–water partition coefficient (Wildman–Crippen LogP) is 2.65. The number of amides is 1. The fraction of sp³-hybridized carbons (Fsp3) is 0.389. The standard InChI is InChI=1S/C18H23N3O3S.ClH/c1-3-4-6-12(11-19)20-25(23,24)16-10-9-15-17-13(16)7-5-8-14(17)18(22)21(15)2;/h5,7-10,12,20H,3-4,6,11,19H2,1-2H3;1H. The molecule has 2 aromatic rings. The molecule has 0 fully saturated rings. The van der Waals surface area contributed by atoms with Gasteiger partial charge in [-0.3, -0.25) is 4.79 Å². The quantitative estimate of drug-likeness (QED) is 0.751. The van der Waals surface area contributed by atoms with E-state index >= 15 is 0 Å². The van der Waals surface area contributed by atoms with Gasteiger partial charge < -0.3 is 10.6 Å². The molecule has 3 rings (SSSR count). The van der Waals surface area contributed by atoms with Crippen LogP contribution in [0, 0.1) is 0 Å². The molecule has 1 aliphatic heterocycles. The molecule has 26 heavy (non-hydrogen) atoms. The molecular formula is C18H24ClN3O3S. The fourth-order valence-electron chi connectivity index (χ4n) is 3.30. The Morgan fingerprint density at radius 3 is 2.62 bits per heavy atom. The third-order valence-electron chi connectivity index (χ3n) is 4.68. The van der Waals surface area contributed by atoms with E-state index in [1.165, 1.54) is 0 Å². The largest absolute Gasteiger partial charge is 0.329 e. The topological polar surface area (TPSA) is 92.5 Å². The van der Waals surface area contributed by atoms with E-state index in [2.05, 4.69) is 11.6 Å². The summed E-state index contributed by atoms with van der Waals surface area (Å²) < 4.78 is 28.6. The summed E-state index contributed by atoms with van der Waals surface area (Å²) in [5.41, 5.74) is 7.00. The first-order valence-electron chi connectivity index (χ1n) is 8.47. The van der Waals surface area contributed by atoms with Crippen molar-refractivity contribution in [1.82, 2.24) is 4.72 Å². The van der Waals surface area contributed by atoms with Crippen LogP contribution in [0.5, 0.6) is 0 Å². The van der Waals surface area contributed by atoms with E-state index in [0.717, 1.165) is 18.5 Å². The molecule has 6 nitrogen and oxygen atoms in total. The highest BCUT2D eigenvalue weighted by molar-refractivity contribution is 7.89. The van der Waals surface area contributed by atoms with Crippen molar-refractivity contribution in [3.63, 3.8) is 0 Å². The van der Waals surface area contributed by atoms with Gasteiger partial charge in [0.15, 0.2) is 0 Å². The molecule has 0 radical (unpaired) electrons. The molecule has 2 aromatic carbocycles. The summed E-state index contributed by atoms with van der Waals surface area (Å²) in [4.78, 5) is 14.1. The van der Waals surface area contributed by atoms with Gasteiger partial charge in [0.1, 0.15) is 0 Å². The maximum absolute atomic E-state index is 12.9. The molecular weight excluding hydrogens is 374 g/mol. The van der Waals surface area contributed by atoms with Crippen molar-refractivity contribution in [2.24, 2.45) is 5.73 Å². The lowest BCUT2D eigenvalue weighted by atomic mass is 10.1. The zero-order valence-corrected chi connectivity index (χ0v) is 16.5. The monoisotopic (exact) mass is 397 g/mol. The number of unbranched alkanes of at least 4 members (excludes halogenated alkanes) is 1. The lowest BCUT2D eigenvalue weighted by molar-refractivity contribution is 0.0999. The van der Waals surface area contributed by atoms with Crippen LogP contribution in [0.4, 0.5) is 5.69 Å². The maximum Gasteiger partial charge on any atom is 0.258 e. The smallest absolute Gasteiger partial charge is 0.258 e. The van der Waals surface area contributed by atoms with Gasteiger partial charge in [-0.1, -0.05) is 31.9 Å². The van der Waals surface area contributed by atoms with Crippen LogP contribution in [0.25, 0.3) is 10.8 Å². The van der Waals surface area contributed by atoms with Crippen LogP contribution in [0.2, 0.25) is 0 Å². The lowest BCUT2D eigenvalue weighted by Gasteiger charge is -2.18. The molecule has 8 heteroatoms. The van der Waals surface area contributed by atoms with Crippen LogP contribution < -0.4 is 15.4 Å². The van der Waals surface area contributed by atoms with Crippen molar-refractivity contribution in [3.8, 4) is 0 Å². The summed E-state index contributed by atoms with van der Waals surface area (Å²) >= 11 is 0. The minimum atomic E-state index is -3.73. The second-order valence-electron chi connectivity index (χ2n) is 6.37. The Bertz CT molecular complexity index is 931. The van der Waals surface area contributed by atoms with Crippen molar-refractivity contribution in [2.45, 2.75) is 37.1 Å². The number of nitrogens with zero attached hydrogens (tertiary/aromatic N) is 1. The summed E-state index contributed by atoms with van der Waals surface area (Å²) in [6.07, 6.45) is 2.59. The van der Waals surface area contributed by atoms with E-state index in [9.17, 15) is 13.2 Å². The number of halogens is 1. The molecule has 0 saturated carbocycles. The van der Waals surface area contributed by atoms with Crippen LogP contribution in [0.3, 0.4) is 0 Å². The van der Waals surface area contributed by atoms with Crippen molar-refractivity contribution in [1.29, 1.82) is 0 Å². The molecule has 1 aliphatic rings. The first kappa shape index (κ1) is 20.6. The average Bonchev–Trinajstić information content (AvgIpc) is 2.85. The van der Waals surface area contributed by atoms with Gasteiger partial charge in [-0.15, -0.1) is 12.4 Å². The van der Waals surface area contributed by atoms with Gasteiger partial charge in [0, 0.05) is 36.0 Å². The summed E-state index contributed by atoms with van der Waals surface area (Å²) in [7, 11) is -2.04. The normalized spacial score (nSPS) is 14.6. The second-order valence-corrected chi connectivity index (χ2v) is 8.05. The van der Waals surface area contributed by atoms with Crippen molar-refractivity contribution >= 4 is 44.8 Å². The minimum absolute atomic E-state index is 0. The zero-order valence-electron chi connectivity index (χ0n) is 14.9. The third kappa shape index (κ3) is 3.44. The highest BCUT2D eigenvalue weighted by Crippen LogP contribution is 2.39. The Morgan fingerprint density at radius 2 is 1.96 bits per heavy atom. The highest BCUT2D eigenvalue weighted by Gasteiger charge is 2.30. The number of hydrogen-bond acceptors (Lipinski definition) is 4. The molecule has 142 valence electrons. The number of carbonyl (C=O) groups is 1. The van der Waals surface area contributed by atoms with Crippen molar-refractivity contribution in [3.05, 3.63) is 35.9 Å².